The van der Waals surface area contributed by atoms with Crippen molar-refractivity contribution in [2.45, 2.75) is 4.21 Å². The molecule has 5 aromatic rings. The molecule has 5 rings (SSSR count). The number of aromatic nitrogens is 1. The molecule has 0 aliphatic heterocycles. The minimum Gasteiger partial charge on any atom is -1.00 e. The van der Waals surface area contributed by atoms with E-state index in [1.807, 2.05) is 0 Å². The van der Waals surface area contributed by atoms with Crippen LogP contribution in [0.15, 0.2) is 126 Å². The fraction of sp³-hybridized carbons (Fsp3) is 0.0357. The summed E-state index contributed by atoms with van der Waals surface area (Å²) in [6.07, 6.45) is 2.17. The van der Waals surface area contributed by atoms with Gasteiger partial charge >= 0.3 is 0 Å². The van der Waals surface area contributed by atoms with Crippen molar-refractivity contribution >= 4 is 51.7 Å². The second-order valence-corrected chi connectivity index (χ2v) is 12.8. The summed E-state index contributed by atoms with van der Waals surface area (Å²) in [5.74, 6) is 0. The van der Waals surface area contributed by atoms with Gasteiger partial charge < -0.3 is 24.0 Å². The van der Waals surface area contributed by atoms with E-state index in [4.69, 9.17) is 4.98 Å². The minimum absolute atomic E-state index is 0. The van der Waals surface area contributed by atoms with Crippen LogP contribution in [0.2, 0.25) is 0 Å². The summed E-state index contributed by atoms with van der Waals surface area (Å²) < 4.78 is 1.29. The van der Waals surface area contributed by atoms with E-state index in [0.717, 1.165) is 5.01 Å². The zero-order valence-corrected chi connectivity index (χ0v) is 22.8. The Labute approximate surface area is 221 Å². The first-order valence-corrected chi connectivity index (χ1v) is 14.3. The first-order valence-electron chi connectivity index (χ1n) is 10.5. The average Bonchev–Trinajstić information content (AvgIpc) is 3.32. The molecular weight excluding hydrogens is 572 g/mol. The quantitative estimate of drug-likeness (QED) is 0.170. The van der Waals surface area contributed by atoms with Gasteiger partial charge in [0.1, 0.15) is 25.1 Å². The fourth-order valence-corrected chi connectivity index (χ4v) is 10.9. The first-order chi connectivity index (χ1) is 15.8. The van der Waals surface area contributed by atoms with Gasteiger partial charge in [-0.05, 0) is 42.7 Å². The second kappa shape index (κ2) is 11.0. The highest BCUT2D eigenvalue weighted by atomic mass is 127. The third-order valence-electron chi connectivity index (χ3n) is 5.53. The normalized spacial score (nSPS) is 11.1. The van der Waals surface area contributed by atoms with Crippen LogP contribution in [0.1, 0.15) is 0 Å². The van der Waals surface area contributed by atoms with Gasteiger partial charge in [0, 0.05) is 5.56 Å². The van der Waals surface area contributed by atoms with E-state index in [9.17, 15) is 0 Å². The van der Waals surface area contributed by atoms with Crippen LogP contribution in [0.5, 0.6) is 0 Å². The molecule has 164 valence electrons. The lowest BCUT2D eigenvalue weighted by molar-refractivity contribution is -0.00000609. The fourth-order valence-electron chi connectivity index (χ4n) is 4.12. The molecule has 0 N–H and O–H groups in total. The number of hydrogen-bond acceptors (Lipinski definition) is 3. The number of thiazole rings is 1. The largest absolute Gasteiger partial charge is 1.00 e. The molecule has 1 heterocycles. The standard InChI is InChI=1S/C28H23NPS2.HI/c1-31-28-26(29-27(32-28)22-14-6-2-7-15-22)30(23-16-8-3-9-17-23,24-18-10-4-11-19-24)25-20-12-5-13-21-25;/h2-21H,1H3;1H/q+1;/p-1. The van der Waals surface area contributed by atoms with E-state index in [-0.39, 0.29) is 24.0 Å². The topological polar surface area (TPSA) is 12.9 Å². The highest BCUT2D eigenvalue weighted by Gasteiger charge is 2.51. The highest BCUT2D eigenvalue weighted by Crippen LogP contribution is 2.56. The van der Waals surface area contributed by atoms with E-state index in [0.29, 0.717) is 0 Å². The van der Waals surface area contributed by atoms with Gasteiger partial charge in [0.05, 0.1) is 0 Å². The van der Waals surface area contributed by atoms with Gasteiger partial charge in [0.15, 0.2) is 7.26 Å². The lowest BCUT2D eigenvalue weighted by Gasteiger charge is -2.26. The number of halogens is 1. The molecule has 1 aromatic heterocycles. The second-order valence-electron chi connectivity index (χ2n) is 7.38. The van der Waals surface area contributed by atoms with Crippen LogP contribution < -0.4 is 45.3 Å². The Morgan fingerprint density at radius 1 is 0.606 bits per heavy atom. The number of thioether (sulfide) groups is 1. The van der Waals surface area contributed by atoms with Crippen LogP contribution in [0.3, 0.4) is 0 Å². The number of benzene rings is 4. The summed E-state index contributed by atoms with van der Waals surface area (Å²) in [5, 5.41) is 5.07. The van der Waals surface area contributed by atoms with Gasteiger partial charge in [-0.2, -0.15) is 4.98 Å². The smallest absolute Gasteiger partial charge is 0.223 e. The number of hydrogen-bond donors (Lipinski definition) is 0. The molecule has 4 aromatic carbocycles. The summed E-state index contributed by atoms with van der Waals surface area (Å²) in [7, 11) is -2.18. The van der Waals surface area contributed by atoms with Crippen LogP contribution in [0, 0.1) is 0 Å². The predicted octanol–water partition coefficient (Wildman–Crippen LogP) is 3.16. The van der Waals surface area contributed by atoms with E-state index < -0.39 is 7.26 Å². The molecule has 0 radical (unpaired) electrons. The molecule has 0 saturated carbocycles. The van der Waals surface area contributed by atoms with Crippen molar-refractivity contribution in [3.05, 3.63) is 121 Å². The van der Waals surface area contributed by atoms with Crippen molar-refractivity contribution in [2.24, 2.45) is 0 Å². The van der Waals surface area contributed by atoms with E-state index in [2.05, 4.69) is 128 Å². The Morgan fingerprint density at radius 2 is 1.00 bits per heavy atom. The Balaban J connectivity index is 0.00000259. The average molecular weight is 596 g/mol. The number of rotatable bonds is 6. The first kappa shape index (κ1) is 24.2. The van der Waals surface area contributed by atoms with Crippen LogP contribution >= 0.6 is 30.4 Å². The maximum atomic E-state index is 5.40. The van der Waals surface area contributed by atoms with E-state index in [1.54, 1.807) is 23.1 Å². The molecule has 1 nitrogen and oxygen atoms in total. The molecule has 5 heteroatoms. The van der Waals surface area contributed by atoms with Crippen molar-refractivity contribution in [1.82, 2.24) is 4.98 Å². The van der Waals surface area contributed by atoms with Gasteiger partial charge in [-0.1, -0.05) is 84.9 Å². The van der Waals surface area contributed by atoms with Crippen LogP contribution in [0.4, 0.5) is 0 Å². The number of nitrogens with zero attached hydrogens (tertiary/aromatic N) is 1. The molecular formula is C28H23INPS2. The van der Waals surface area contributed by atoms with Gasteiger partial charge in [0.25, 0.3) is 0 Å². The molecule has 0 atom stereocenters. The van der Waals surface area contributed by atoms with Gasteiger partial charge in [-0.3, -0.25) is 0 Å². The van der Waals surface area contributed by atoms with Gasteiger partial charge in [0.2, 0.25) is 5.44 Å². The van der Waals surface area contributed by atoms with E-state index in [1.165, 1.54) is 31.1 Å². The molecule has 0 amide bonds. The van der Waals surface area contributed by atoms with Crippen LogP contribution in [0.25, 0.3) is 10.6 Å². The maximum Gasteiger partial charge on any atom is 0.223 e. The van der Waals surface area contributed by atoms with Crippen molar-refractivity contribution in [3.63, 3.8) is 0 Å². The maximum absolute atomic E-state index is 5.40. The monoisotopic (exact) mass is 595 g/mol. The molecule has 0 fully saturated rings. The molecule has 33 heavy (non-hydrogen) atoms. The Hall–Kier alpha value is -1.98. The van der Waals surface area contributed by atoms with Crippen molar-refractivity contribution in [2.75, 3.05) is 6.26 Å². The third-order valence-corrected chi connectivity index (χ3v) is 12.2. The lowest BCUT2D eigenvalue weighted by Crippen LogP contribution is -3.00. The Kier molecular flexibility index (Phi) is 8.02. The van der Waals surface area contributed by atoms with E-state index >= 15 is 0 Å². The van der Waals surface area contributed by atoms with Crippen molar-refractivity contribution in [3.8, 4) is 10.6 Å². The molecule has 0 aliphatic carbocycles. The van der Waals surface area contributed by atoms with Crippen molar-refractivity contribution in [1.29, 1.82) is 0 Å². The van der Waals surface area contributed by atoms with Gasteiger partial charge in [-0.15, -0.1) is 23.1 Å². The lowest BCUT2D eigenvalue weighted by atomic mass is 10.2. The highest BCUT2D eigenvalue weighted by molar-refractivity contribution is 8.05. The summed E-state index contributed by atoms with van der Waals surface area (Å²) in [4.78, 5) is 5.40. The summed E-state index contributed by atoms with van der Waals surface area (Å²) in [6.45, 7) is 0. The predicted molar refractivity (Wildman–Crippen MR) is 144 cm³/mol. The molecule has 0 unspecified atom stereocenters. The molecule has 0 aliphatic rings. The molecule has 0 spiro atoms. The Morgan fingerprint density at radius 3 is 1.39 bits per heavy atom. The summed E-state index contributed by atoms with van der Waals surface area (Å²) >= 11 is 3.61. The SMILES string of the molecule is CSc1sc(-c2ccccc2)nc1[P+](c1ccccc1)(c1ccccc1)c1ccccc1.[I-]. The van der Waals surface area contributed by atoms with Gasteiger partial charge in [-0.25, -0.2) is 0 Å². The zero-order valence-electron chi connectivity index (χ0n) is 18.1. The third kappa shape index (κ3) is 4.54. The molecule has 0 bridgehead atoms. The Bertz CT molecular complexity index is 1200. The summed E-state index contributed by atoms with van der Waals surface area (Å²) in [6, 6.07) is 43.4. The minimum atomic E-state index is -2.18. The summed E-state index contributed by atoms with van der Waals surface area (Å²) in [5.41, 5.74) is 2.38. The molecule has 0 saturated heterocycles. The van der Waals surface area contributed by atoms with Crippen LogP contribution in [-0.2, 0) is 0 Å². The van der Waals surface area contributed by atoms with Crippen molar-refractivity contribution < 1.29 is 24.0 Å². The zero-order chi connectivity index (χ0) is 21.8. The van der Waals surface area contributed by atoms with Crippen LogP contribution in [-0.4, -0.2) is 11.2 Å².